The van der Waals surface area contributed by atoms with E-state index in [0.29, 0.717) is 23.5 Å². The number of hydrogen-bond acceptors (Lipinski definition) is 4. The lowest BCUT2D eigenvalue weighted by Gasteiger charge is -2.14. The minimum absolute atomic E-state index is 0.388. The summed E-state index contributed by atoms with van der Waals surface area (Å²) in [7, 11) is 3.15. The summed E-state index contributed by atoms with van der Waals surface area (Å²) in [5, 5.41) is 0. The van der Waals surface area contributed by atoms with Gasteiger partial charge in [-0.2, -0.15) is 0 Å². The van der Waals surface area contributed by atoms with Crippen molar-refractivity contribution in [1.82, 2.24) is 4.98 Å². The number of nitrogens with two attached hydrogens (primary N) is 1. The number of ether oxygens (including phenoxy) is 2. The van der Waals surface area contributed by atoms with Gasteiger partial charge in [0.2, 0.25) is 0 Å². The molecule has 1 atom stereocenters. The molecule has 4 nitrogen and oxygen atoms in total. The quantitative estimate of drug-likeness (QED) is 0.911. The molecular formula is C15H17FN2O2. The monoisotopic (exact) mass is 276 g/mol. The van der Waals surface area contributed by atoms with E-state index < -0.39 is 6.04 Å². The maximum Gasteiger partial charge on any atom is 0.160 e. The van der Waals surface area contributed by atoms with E-state index in [9.17, 15) is 4.39 Å². The van der Waals surface area contributed by atoms with Crippen molar-refractivity contribution in [2.24, 2.45) is 5.73 Å². The van der Waals surface area contributed by atoms with E-state index in [-0.39, 0.29) is 5.82 Å². The van der Waals surface area contributed by atoms with Gasteiger partial charge in [0.1, 0.15) is 5.82 Å². The van der Waals surface area contributed by atoms with Crippen molar-refractivity contribution in [3.8, 4) is 11.5 Å². The van der Waals surface area contributed by atoms with Crippen molar-refractivity contribution in [3.63, 3.8) is 0 Å². The van der Waals surface area contributed by atoms with E-state index in [1.807, 2.05) is 18.2 Å². The number of halogens is 1. The Kier molecular flexibility index (Phi) is 4.53. The van der Waals surface area contributed by atoms with Gasteiger partial charge in [-0.25, -0.2) is 4.39 Å². The molecule has 2 rings (SSSR count). The van der Waals surface area contributed by atoms with Crippen LogP contribution in [0.1, 0.15) is 17.2 Å². The molecule has 5 heteroatoms. The zero-order valence-corrected chi connectivity index (χ0v) is 11.5. The highest BCUT2D eigenvalue weighted by Gasteiger charge is 2.13. The van der Waals surface area contributed by atoms with Crippen LogP contribution in [0, 0.1) is 5.82 Å². The smallest absolute Gasteiger partial charge is 0.160 e. The number of nitrogens with zero attached hydrogens (tertiary/aromatic N) is 1. The molecule has 0 saturated heterocycles. The molecule has 1 heterocycles. The predicted molar refractivity (Wildman–Crippen MR) is 74.4 cm³/mol. The largest absolute Gasteiger partial charge is 0.493 e. The van der Waals surface area contributed by atoms with Crippen molar-refractivity contribution in [1.29, 1.82) is 0 Å². The molecule has 2 N–H and O–H groups in total. The molecule has 0 saturated carbocycles. The first-order chi connectivity index (χ1) is 9.65. The topological polar surface area (TPSA) is 57.4 Å². The van der Waals surface area contributed by atoms with E-state index in [0.717, 1.165) is 5.56 Å². The second-order valence-corrected chi connectivity index (χ2v) is 4.40. The molecule has 1 unspecified atom stereocenters. The standard InChI is InChI=1S/C15H17FN2O2/c1-19-14-4-3-10(8-15(14)20-2)7-13(17)11-5-6-18-9-12(11)16/h3-6,8-9,13H,7,17H2,1-2H3. The molecule has 0 aliphatic carbocycles. The summed E-state index contributed by atoms with van der Waals surface area (Å²) in [6, 6.07) is 6.71. The van der Waals surface area contributed by atoms with Crippen molar-refractivity contribution in [2.75, 3.05) is 14.2 Å². The third-order valence-electron chi connectivity index (χ3n) is 3.11. The predicted octanol–water partition coefficient (Wildman–Crippen LogP) is 2.48. The SMILES string of the molecule is COc1ccc(CC(N)c2ccncc2F)cc1OC. The molecular weight excluding hydrogens is 259 g/mol. The first-order valence-corrected chi connectivity index (χ1v) is 6.21. The first-order valence-electron chi connectivity index (χ1n) is 6.21. The Morgan fingerprint density at radius 1 is 1.20 bits per heavy atom. The van der Waals surface area contributed by atoms with Crippen LogP contribution in [0.5, 0.6) is 11.5 Å². The van der Waals surface area contributed by atoms with E-state index in [1.54, 1.807) is 20.3 Å². The summed E-state index contributed by atoms with van der Waals surface area (Å²) >= 11 is 0. The van der Waals surface area contributed by atoms with Gasteiger partial charge in [-0.05, 0) is 30.2 Å². The van der Waals surface area contributed by atoms with Crippen LogP contribution < -0.4 is 15.2 Å². The van der Waals surface area contributed by atoms with Gasteiger partial charge >= 0.3 is 0 Å². The second-order valence-electron chi connectivity index (χ2n) is 4.40. The van der Waals surface area contributed by atoms with Crippen molar-refractivity contribution in [3.05, 3.63) is 53.6 Å². The summed E-state index contributed by atoms with van der Waals surface area (Å²) in [5.41, 5.74) is 7.45. The van der Waals surface area contributed by atoms with E-state index in [4.69, 9.17) is 15.2 Å². The zero-order chi connectivity index (χ0) is 14.5. The third kappa shape index (κ3) is 3.05. The summed E-state index contributed by atoms with van der Waals surface area (Å²) in [4.78, 5) is 3.72. The molecule has 0 amide bonds. The fourth-order valence-corrected chi connectivity index (χ4v) is 2.06. The van der Waals surface area contributed by atoms with E-state index >= 15 is 0 Å². The summed E-state index contributed by atoms with van der Waals surface area (Å²) in [6.07, 6.45) is 3.21. The van der Waals surface area contributed by atoms with Crippen LogP contribution >= 0.6 is 0 Å². The van der Waals surface area contributed by atoms with Gasteiger partial charge in [-0.3, -0.25) is 4.98 Å². The van der Waals surface area contributed by atoms with Crippen LogP contribution in [0.25, 0.3) is 0 Å². The highest BCUT2D eigenvalue weighted by molar-refractivity contribution is 5.43. The van der Waals surface area contributed by atoms with E-state index in [1.165, 1.54) is 12.4 Å². The van der Waals surface area contributed by atoms with Gasteiger partial charge in [0.25, 0.3) is 0 Å². The fraction of sp³-hybridized carbons (Fsp3) is 0.267. The summed E-state index contributed by atoms with van der Waals surface area (Å²) in [5.74, 6) is 0.896. The maximum absolute atomic E-state index is 13.6. The zero-order valence-electron chi connectivity index (χ0n) is 11.5. The molecule has 0 aliphatic rings. The van der Waals surface area contributed by atoms with E-state index in [2.05, 4.69) is 4.98 Å². The number of pyridine rings is 1. The van der Waals surface area contributed by atoms with Crippen LogP contribution in [0.3, 0.4) is 0 Å². The molecule has 1 aromatic heterocycles. The molecule has 20 heavy (non-hydrogen) atoms. The molecule has 1 aromatic carbocycles. The lowest BCUT2D eigenvalue weighted by atomic mass is 10.00. The summed E-state index contributed by atoms with van der Waals surface area (Å²) in [6.45, 7) is 0. The van der Waals surface area contributed by atoms with Crippen LogP contribution in [-0.2, 0) is 6.42 Å². The number of methoxy groups -OCH3 is 2. The fourth-order valence-electron chi connectivity index (χ4n) is 2.06. The van der Waals surface area contributed by atoms with Crippen molar-refractivity contribution >= 4 is 0 Å². The lowest BCUT2D eigenvalue weighted by molar-refractivity contribution is 0.354. The highest BCUT2D eigenvalue weighted by atomic mass is 19.1. The molecule has 0 radical (unpaired) electrons. The Hall–Kier alpha value is -2.14. The van der Waals surface area contributed by atoms with Crippen molar-refractivity contribution < 1.29 is 13.9 Å². The third-order valence-corrected chi connectivity index (χ3v) is 3.11. The number of rotatable bonds is 5. The highest BCUT2D eigenvalue weighted by Crippen LogP contribution is 2.29. The van der Waals surface area contributed by atoms with Crippen LogP contribution in [0.15, 0.2) is 36.7 Å². The molecule has 0 fully saturated rings. The average molecular weight is 276 g/mol. The molecule has 0 bridgehead atoms. The Bertz CT molecular complexity index is 590. The average Bonchev–Trinajstić information content (AvgIpc) is 2.47. The Labute approximate surface area is 117 Å². The number of aromatic nitrogens is 1. The molecule has 0 spiro atoms. The van der Waals surface area contributed by atoms with Crippen LogP contribution in [0.2, 0.25) is 0 Å². The molecule has 2 aromatic rings. The van der Waals surface area contributed by atoms with Crippen LogP contribution in [0.4, 0.5) is 4.39 Å². The lowest BCUT2D eigenvalue weighted by Crippen LogP contribution is -2.15. The normalized spacial score (nSPS) is 12.0. The Morgan fingerprint density at radius 2 is 1.95 bits per heavy atom. The van der Waals surface area contributed by atoms with Gasteiger partial charge < -0.3 is 15.2 Å². The number of hydrogen-bond donors (Lipinski definition) is 1. The summed E-state index contributed by atoms with van der Waals surface area (Å²) < 4.78 is 24.0. The minimum Gasteiger partial charge on any atom is -0.493 e. The Morgan fingerprint density at radius 3 is 2.60 bits per heavy atom. The maximum atomic E-state index is 13.6. The molecule has 0 aliphatic heterocycles. The van der Waals surface area contributed by atoms with Gasteiger partial charge in [0.05, 0.1) is 20.4 Å². The minimum atomic E-state index is -0.434. The number of benzene rings is 1. The van der Waals surface area contributed by atoms with Crippen LogP contribution in [-0.4, -0.2) is 19.2 Å². The first kappa shape index (κ1) is 14.3. The molecule has 106 valence electrons. The van der Waals surface area contributed by atoms with Gasteiger partial charge in [-0.1, -0.05) is 6.07 Å². The Balaban J connectivity index is 2.20. The van der Waals surface area contributed by atoms with Gasteiger partial charge in [-0.15, -0.1) is 0 Å². The second kappa shape index (κ2) is 6.34. The van der Waals surface area contributed by atoms with Crippen molar-refractivity contribution in [2.45, 2.75) is 12.5 Å². The van der Waals surface area contributed by atoms with Gasteiger partial charge in [0.15, 0.2) is 11.5 Å². The van der Waals surface area contributed by atoms with Gasteiger partial charge in [0, 0.05) is 17.8 Å².